The molecule has 2 heteroatoms. The Kier molecular flexibility index (Phi) is 16.1. The summed E-state index contributed by atoms with van der Waals surface area (Å²) in [6.45, 7) is 4.24. The maximum atomic E-state index is 9.29. The van der Waals surface area contributed by atoms with Crippen molar-refractivity contribution in [2.45, 2.75) is 104 Å². The van der Waals surface area contributed by atoms with Gasteiger partial charge >= 0.3 is 0 Å². The van der Waals surface area contributed by atoms with Crippen LogP contribution in [0.2, 0.25) is 0 Å². The Morgan fingerprint density at radius 1 is 0.800 bits per heavy atom. The average molecular weight is 284 g/mol. The lowest BCUT2D eigenvalue weighted by Gasteiger charge is -2.06. The summed E-state index contributed by atoms with van der Waals surface area (Å²) in [6.07, 6.45) is 20.9. The fraction of sp³-hybridized carbons (Fsp3) is 0.889. The first kappa shape index (κ1) is 19.5. The summed E-state index contributed by atoms with van der Waals surface area (Å²) in [7, 11) is 0. The zero-order valence-electron chi connectivity index (χ0n) is 13.9. The van der Waals surface area contributed by atoms with E-state index in [4.69, 9.17) is 0 Å². The predicted molar refractivity (Wildman–Crippen MR) is 89.7 cm³/mol. The van der Waals surface area contributed by atoms with Crippen LogP contribution in [0, 0.1) is 0 Å². The Bertz CT molecular complexity index is 204. The number of hydrogen-bond acceptors (Lipinski definition) is 2. The molecule has 120 valence electrons. The van der Waals surface area contributed by atoms with E-state index in [-0.39, 0.29) is 6.23 Å². The summed E-state index contributed by atoms with van der Waals surface area (Å²) in [4.78, 5) is 0. The second-order valence-corrected chi connectivity index (χ2v) is 5.82. The number of aliphatic hydroxyl groups excluding tert-OH is 1. The molecular weight excluding hydrogens is 246 g/mol. The summed E-state index contributed by atoms with van der Waals surface area (Å²) in [5, 5.41) is 12.2. The van der Waals surface area contributed by atoms with E-state index >= 15 is 0 Å². The number of hydrogen-bond donors (Lipinski definition) is 2. The van der Waals surface area contributed by atoms with E-state index in [9.17, 15) is 5.11 Å². The van der Waals surface area contributed by atoms with Gasteiger partial charge in [0.1, 0.15) is 6.23 Å². The third-order valence-electron chi connectivity index (χ3n) is 3.77. The third kappa shape index (κ3) is 15.6. The number of unbranched alkanes of at least 4 members (excludes halogenated alkanes) is 11. The van der Waals surface area contributed by atoms with E-state index in [1.807, 2.05) is 13.1 Å². The van der Waals surface area contributed by atoms with Crippen LogP contribution in [0.25, 0.3) is 0 Å². The zero-order chi connectivity index (χ0) is 14.9. The van der Waals surface area contributed by atoms with Gasteiger partial charge in [0.25, 0.3) is 0 Å². The van der Waals surface area contributed by atoms with Crippen LogP contribution in [0.3, 0.4) is 0 Å². The van der Waals surface area contributed by atoms with Gasteiger partial charge in [0.05, 0.1) is 0 Å². The standard InChI is InChI=1S/C18H37NO/c1-3-5-6-7-8-9-10-11-12-13-14-15-16-17-19-18(20)4-2/h16-20H,3-15H2,1-2H3. The third-order valence-corrected chi connectivity index (χ3v) is 3.77. The highest BCUT2D eigenvalue weighted by atomic mass is 16.3. The zero-order valence-corrected chi connectivity index (χ0v) is 13.9. The molecule has 0 fully saturated rings. The van der Waals surface area contributed by atoms with E-state index in [1.54, 1.807) is 0 Å². The van der Waals surface area contributed by atoms with Crippen LogP contribution in [-0.2, 0) is 0 Å². The van der Waals surface area contributed by atoms with Crippen molar-refractivity contribution in [2.24, 2.45) is 0 Å². The Hall–Kier alpha value is -0.500. The maximum Gasteiger partial charge on any atom is 0.123 e. The lowest BCUT2D eigenvalue weighted by atomic mass is 10.1. The average Bonchev–Trinajstić information content (AvgIpc) is 2.47. The molecule has 0 aromatic rings. The fourth-order valence-corrected chi connectivity index (χ4v) is 2.31. The Balaban J connectivity index is 3.06. The van der Waals surface area contributed by atoms with Gasteiger partial charge in [-0.2, -0.15) is 0 Å². The van der Waals surface area contributed by atoms with Gasteiger partial charge in [0, 0.05) is 0 Å². The smallest absolute Gasteiger partial charge is 0.123 e. The van der Waals surface area contributed by atoms with Crippen LogP contribution < -0.4 is 5.32 Å². The maximum absolute atomic E-state index is 9.29. The minimum atomic E-state index is -0.386. The molecular formula is C18H37NO. The number of aliphatic hydroxyl groups is 1. The van der Waals surface area contributed by atoms with E-state index in [0.29, 0.717) is 0 Å². The molecule has 0 aliphatic heterocycles. The second kappa shape index (κ2) is 16.6. The monoisotopic (exact) mass is 283 g/mol. The van der Waals surface area contributed by atoms with Crippen LogP contribution in [-0.4, -0.2) is 11.3 Å². The molecule has 0 saturated heterocycles. The van der Waals surface area contributed by atoms with E-state index in [0.717, 1.165) is 12.8 Å². The van der Waals surface area contributed by atoms with Crippen molar-refractivity contribution in [3.05, 3.63) is 12.3 Å². The molecule has 0 saturated carbocycles. The predicted octanol–water partition coefficient (Wildman–Crippen LogP) is 5.52. The first-order chi connectivity index (χ1) is 9.81. The number of nitrogens with one attached hydrogen (secondary N) is 1. The van der Waals surface area contributed by atoms with E-state index in [1.165, 1.54) is 70.6 Å². The van der Waals surface area contributed by atoms with Crippen molar-refractivity contribution in [1.82, 2.24) is 5.32 Å². The van der Waals surface area contributed by atoms with Crippen LogP contribution in [0.1, 0.15) is 97.3 Å². The number of allylic oxidation sites excluding steroid dienone is 1. The molecule has 0 radical (unpaired) electrons. The summed E-state index contributed by atoms with van der Waals surface area (Å²) in [6, 6.07) is 0. The van der Waals surface area contributed by atoms with Gasteiger partial charge in [-0.15, -0.1) is 0 Å². The van der Waals surface area contributed by atoms with E-state index < -0.39 is 0 Å². The minimum Gasteiger partial charge on any atom is -0.374 e. The molecule has 0 amide bonds. The molecule has 0 aliphatic carbocycles. The van der Waals surface area contributed by atoms with Crippen molar-refractivity contribution in [2.75, 3.05) is 0 Å². The molecule has 20 heavy (non-hydrogen) atoms. The number of rotatable bonds is 15. The van der Waals surface area contributed by atoms with Gasteiger partial charge < -0.3 is 10.4 Å². The fourth-order valence-electron chi connectivity index (χ4n) is 2.31. The molecule has 0 spiro atoms. The highest BCUT2D eigenvalue weighted by Crippen LogP contribution is 2.11. The van der Waals surface area contributed by atoms with E-state index in [2.05, 4.69) is 18.3 Å². The van der Waals surface area contributed by atoms with Crippen LogP contribution in [0.4, 0.5) is 0 Å². The highest BCUT2D eigenvalue weighted by Gasteiger charge is 1.93. The molecule has 0 heterocycles. The minimum absolute atomic E-state index is 0.386. The van der Waals surface area contributed by atoms with Gasteiger partial charge in [0.15, 0.2) is 0 Å². The van der Waals surface area contributed by atoms with Crippen molar-refractivity contribution in [3.63, 3.8) is 0 Å². The van der Waals surface area contributed by atoms with Crippen molar-refractivity contribution < 1.29 is 5.11 Å². The Morgan fingerprint density at radius 3 is 1.80 bits per heavy atom. The van der Waals surface area contributed by atoms with Gasteiger partial charge in [-0.3, -0.25) is 0 Å². The van der Waals surface area contributed by atoms with Gasteiger partial charge in [-0.1, -0.05) is 84.1 Å². The quantitative estimate of drug-likeness (QED) is 0.306. The molecule has 0 aromatic heterocycles. The SMILES string of the molecule is CCCCCCCCCCCCCC=CNC(O)CC. The molecule has 1 unspecified atom stereocenters. The second-order valence-electron chi connectivity index (χ2n) is 5.82. The summed E-state index contributed by atoms with van der Waals surface area (Å²) in [5.41, 5.74) is 0. The summed E-state index contributed by atoms with van der Waals surface area (Å²) in [5.74, 6) is 0. The van der Waals surface area contributed by atoms with Gasteiger partial charge in [-0.05, 0) is 25.5 Å². The normalized spacial score (nSPS) is 12.9. The molecule has 0 rings (SSSR count). The first-order valence-electron chi connectivity index (χ1n) is 8.90. The first-order valence-corrected chi connectivity index (χ1v) is 8.90. The molecule has 1 atom stereocenters. The largest absolute Gasteiger partial charge is 0.374 e. The topological polar surface area (TPSA) is 32.3 Å². The van der Waals surface area contributed by atoms with Crippen LogP contribution >= 0.6 is 0 Å². The molecule has 0 bridgehead atoms. The molecule has 2 nitrogen and oxygen atoms in total. The van der Waals surface area contributed by atoms with Crippen molar-refractivity contribution >= 4 is 0 Å². The van der Waals surface area contributed by atoms with Gasteiger partial charge in [-0.25, -0.2) is 0 Å². The summed E-state index contributed by atoms with van der Waals surface area (Å²) < 4.78 is 0. The summed E-state index contributed by atoms with van der Waals surface area (Å²) >= 11 is 0. The van der Waals surface area contributed by atoms with Crippen molar-refractivity contribution in [3.8, 4) is 0 Å². The Morgan fingerprint density at radius 2 is 1.30 bits per heavy atom. The Labute approximate surface area is 127 Å². The van der Waals surface area contributed by atoms with Gasteiger partial charge in [0.2, 0.25) is 0 Å². The lowest BCUT2D eigenvalue weighted by molar-refractivity contribution is 0.149. The molecule has 0 aromatic carbocycles. The highest BCUT2D eigenvalue weighted by molar-refractivity contribution is 4.79. The lowest BCUT2D eigenvalue weighted by Crippen LogP contribution is -2.21. The molecule has 0 aliphatic rings. The van der Waals surface area contributed by atoms with Crippen LogP contribution in [0.15, 0.2) is 12.3 Å². The molecule has 2 N–H and O–H groups in total. The van der Waals surface area contributed by atoms with Crippen LogP contribution in [0.5, 0.6) is 0 Å². The van der Waals surface area contributed by atoms with Crippen molar-refractivity contribution in [1.29, 1.82) is 0 Å².